The minimum absolute atomic E-state index is 0.0377. The zero-order valence-corrected chi connectivity index (χ0v) is 11.9. The summed E-state index contributed by atoms with van der Waals surface area (Å²) in [4.78, 5) is 14.9. The van der Waals surface area contributed by atoms with Crippen molar-refractivity contribution in [3.63, 3.8) is 0 Å². The Labute approximate surface area is 120 Å². The predicted octanol–water partition coefficient (Wildman–Crippen LogP) is 1.58. The van der Waals surface area contributed by atoms with E-state index in [4.69, 9.17) is 4.74 Å². The Bertz CT molecular complexity index is 463. The van der Waals surface area contributed by atoms with Gasteiger partial charge in [0.25, 0.3) is 0 Å². The molecule has 1 aromatic carbocycles. The van der Waals surface area contributed by atoms with E-state index in [0.29, 0.717) is 13.2 Å². The molecule has 1 aromatic rings. The van der Waals surface area contributed by atoms with E-state index in [1.807, 2.05) is 25.2 Å². The molecule has 1 amide bonds. The average Bonchev–Trinajstić information content (AvgIpc) is 3.16. The van der Waals surface area contributed by atoms with Crippen LogP contribution < -0.4 is 5.32 Å². The standard InChI is InChI=1S/C16H22N2O2/c1-17-14-11-20-10-13(14)16(19)18-9-5-8-15(18)12-6-3-2-4-7-12/h2-4,6-7,13-15,17H,5,8-11H2,1H3. The van der Waals surface area contributed by atoms with Crippen molar-refractivity contribution in [2.75, 3.05) is 26.8 Å². The van der Waals surface area contributed by atoms with E-state index >= 15 is 0 Å². The normalized spacial score (nSPS) is 29.9. The van der Waals surface area contributed by atoms with Crippen LogP contribution >= 0.6 is 0 Å². The second kappa shape index (κ2) is 5.94. The van der Waals surface area contributed by atoms with Gasteiger partial charge in [0.2, 0.25) is 5.91 Å². The molecule has 2 heterocycles. The van der Waals surface area contributed by atoms with Gasteiger partial charge in [-0.25, -0.2) is 0 Å². The highest BCUT2D eigenvalue weighted by atomic mass is 16.5. The van der Waals surface area contributed by atoms with Gasteiger partial charge in [0.1, 0.15) is 0 Å². The molecule has 0 saturated carbocycles. The van der Waals surface area contributed by atoms with Crippen LogP contribution in [0.1, 0.15) is 24.4 Å². The third kappa shape index (κ3) is 2.45. The topological polar surface area (TPSA) is 41.6 Å². The number of amides is 1. The minimum atomic E-state index is -0.0377. The second-order valence-electron chi connectivity index (χ2n) is 5.64. The molecule has 0 spiro atoms. The number of carbonyl (C=O) groups excluding carboxylic acids is 1. The van der Waals surface area contributed by atoms with E-state index < -0.39 is 0 Å². The summed E-state index contributed by atoms with van der Waals surface area (Å²) in [5.74, 6) is 0.206. The average molecular weight is 274 g/mol. The molecule has 2 fully saturated rings. The number of carbonyl (C=O) groups is 1. The summed E-state index contributed by atoms with van der Waals surface area (Å²) in [6, 6.07) is 10.7. The monoisotopic (exact) mass is 274 g/mol. The fraction of sp³-hybridized carbons (Fsp3) is 0.562. The van der Waals surface area contributed by atoms with Gasteiger partial charge in [-0.3, -0.25) is 4.79 Å². The number of nitrogens with zero attached hydrogens (tertiary/aromatic N) is 1. The number of likely N-dealkylation sites (tertiary alicyclic amines) is 1. The fourth-order valence-corrected chi connectivity index (χ4v) is 3.35. The van der Waals surface area contributed by atoms with Crippen LogP contribution in [-0.2, 0) is 9.53 Å². The molecule has 0 bridgehead atoms. The molecule has 20 heavy (non-hydrogen) atoms. The number of nitrogens with one attached hydrogen (secondary N) is 1. The lowest BCUT2D eigenvalue weighted by atomic mass is 9.99. The van der Waals surface area contributed by atoms with E-state index in [9.17, 15) is 4.79 Å². The Morgan fingerprint density at radius 3 is 2.85 bits per heavy atom. The van der Waals surface area contributed by atoms with Crippen molar-refractivity contribution in [3.05, 3.63) is 35.9 Å². The van der Waals surface area contributed by atoms with Crippen molar-refractivity contribution in [2.24, 2.45) is 5.92 Å². The molecular weight excluding hydrogens is 252 g/mol. The number of likely N-dealkylation sites (N-methyl/N-ethyl adjacent to an activating group) is 1. The highest BCUT2D eigenvalue weighted by Gasteiger charge is 2.39. The number of hydrogen-bond acceptors (Lipinski definition) is 3. The lowest BCUT2D eigenvalue weighted by Gasteiger charge is -2.29. The molecule has 108 valence electrons. The zero-order valence-electron chi connectivity index (χ0n) is 11.9. The number of ether oxygens (including phenoxy) is 1. The lowest BCUT2D eigenvalue weighted by molar-refractivity contribution is -0.137. The number of hydrogen-bond donors (Lipinski definition) is 1. The lowest BCUT2D eigenvalue weighted by Crippen LogP contribution is -2.44. The van der Waals surface area contributed by atoms with Crippen LogP contribution in [0, 0.1) is 5.92 Å². The van der Waals surface area contributed by atoms with Crippen molar-refractivity contribution in [2.45, 2.75) is 24.9 Å². The molecule has 4 nitrogen and oxygen atoms in total. The molecule has 0 aromatic heterocycles. The number of rotatable bonds is 3. The fourth-order valence-electron chi connectivity index (χ4n) is 3.35. The van der Waals surface area contributed by atoms with Gasteiger partial charge in [-0.05, 0) is 25.5 Å². The van der Waals surface area contributed by atoms with E-state index in [2.05, 4.69) is 22.3 Å². The van der Waals surface area contributed by atoms with E-state index in [-0.39, 0.29) is 23.9 Å². The van der Waals surface area contributed by atoms with E-state index in [0.717, 1.165) is 19.4 Å². The molecular formula is C16H22N2O2. The van der Waals surface area contributed by atoms with Crippen LogP contribution in [0.4, 0.5) is 0 Å². The molecule has 1 N–H and O–H groups in total. The highest BCUT2D eigenvalue weighted by molar-refractivity contribution is 5.81. The number of benzene rings is 1. The predicted molar refractivity (Wildman–Crippen MR) is 77.3 cm³/mol. The van der Waals surface area contributed by atoms with Crippen LogP contribution in [-0.4, -0.2) is 43.7 Å². The molecule has 2 aliphatic rings. The summed E-state index contributed by atoms with van der Waals surface area (Å²) in [5.41, 5.74) is 1.25. The Balaban J connectivity index is 1.77. The van der Waals surface area contributed by atoms with Crippen LogP contribution in [0.5, 0.6) is 0 Å². The zero-order chi connectivity index (χ0) is 13.9. The Hall–Kier alpha value is -1.39. The van der Waals surface area contributed by atoms with Gasteiger partial charge >= 0.3 is 0 Å². The second-order valence-corrected chi connectivity index (χ2v) is 5.64. The largest absolute Gasteiger partial charge is 0.379 e. The van der Waals surface area contributed by atoms with Crippen molar-refractivity contribution in [1.82, 2.24) is 10.2 Å². The van der Waals surface area contributed by atoms with E-state index in [1.54, 1.807) is 0 Å². The highest BCUT2D eigenvalue weighted by Crippen LogP contribution is 2.34. The summed E-state index contributed by atoms with van der Waals surface area (Å²) >= 11 is 0. The Kier molecular flexibility index (Phi) is 4.03. The molecule has 3 rings (SSSR count). The first-order chi connectivity index (χ1) is 9.81. The third-order valence-electron chi connectivity index (χ3n) is 4.49. The molecule has 4 heteroatoms. The maximum Gasteiger partial charge on any atom is 0.230 e. The molecule has 2 aliphatic heterocycles. The summed E-state index contributed by atoms with van der Waals surface area (Å²) in [6.07, 6.45) is 2.15. The first-order valence-electron chi connectivity index (χ1n) is 7.41. The smallest absolute Gasteiger partial charge is 0.230 e. The van der Waals surface area contributed by atoms with E-state index in [1.165, 1.54) is 5.56 Å². The van der Waals surface area contributed by atoms with Gasteiger partial charge in [0, 0.05) is 12.6 Å². The van der Waals surface area contributed by atoms with Gasteiger partial charge in [0.15, 0.2) is 0 Å². The molecule has 3 unspecified atom stereocenters. The Morgan fingerprint density at radius 2 is 2.10 bits per heavy atom. The summed E-state index contributed by atoms with van der Waals surface area (Å²) < 4.78 is 5.47. The van der Waals surface area contributed by atoms with Crippen LogP contribution in [0.2, 0.25) is 0 Å². The van der Waals surface area contributed by atoms with Crippen LogP contribution in [0.25, 0.3) is 0 Å². The molecule has 0 aliphatic carbocycles. The van der Waals surface area contributed by atoms with Gasteiger partial charge < -0.3 is 15.0 Å². The summed E-state index contributed by atoms with van der Waals surface area (Å²) in [6.45, 7) is 2.05. The first kappa shape index (κ1) is 13.6. The SMILES string of the molecule is CNC1COCC1C(=O)N1CCCC1c1ccccc1. The van der Waals surface area contributed by atoms with Crippen molar-refractivity contribution >= 4 is 5.91 Å². The van der Waals surface area contributed by atoms with Gasteiger partial charge in [-0.1, -0.05) is 30.3 Å². The van der Waals surface area contributed by atoms with Crippen LogP contribution in [0.3, 0.4) is 0 Å². The quantitative estimate of drug-likeness (QED) is 0.910. The van der Waals surface area contributed by atoms with Gasteiger partial charge in [-0.15, -0.1) is 0 Å². The van der Waals surface area contributed by atoms with Crippen molar-refractivity contribution < 1.29 is 9.53 Å². The van der Waals surface area contributed by atoms with Crippen molar-refractivity contribution in [3.8, 4) is 0 Å². The molecule has 0 radical (unpaired) electrons. The Morgan fingerprint density at radius 1 is 1.30 bits per heavy atom. The van der Waals surface area contributed by atoms with Crippen molar-refractivity contribution in [1.29, 1.82) is 0 Å². The molecule has 2 saturated heterocycles. The first-order valence-corrected chi connectivity index (χ1v) is 7.41. The van der Waals surface area contributed by atoms with Gasteiger partial charge in [-0.2, -0.15) is 0 Å². The van der Waals surface area contributed by atoms with Gasteiger partial charge in [0.05, 0.1) is 25.2 Å². The summed E-state index contributed by atoms with van der Waals surface area (Å²) in [5, 5.41) is 3.20. The van der Waals surface area contributed by atoms with Crippen LogP contribution in [0.15, 0.2) is 30.3 Å². The summed E-state index contributed by atoms with van der Waals surface area (Å²) in [7, 11) is 1.90. The maximum atomic E-state index is 12.8. The maximum absolute atomic E-state index is 12.8. The minimum Gasteiger partial charge on any atom is -0.379 e. The molecule has 3 atom stereocenters. The third-order valence-corrected chi connectivity index (χ3v) is 4.49.